The smallest absolute Gasteiger partial charge is 0.277 e. The van der Waals surface area contributed by atoms with Crippen LogP contribution in [0.25, 0.3) is 0 Å². The van der Waals surface area contributed by atoms with E-state index in [9.17, 15) is 9.18 Å². The van der Waals surface area contributed by atoms with Crippen LogP contribution in [0.1, 0.15) is 5.56 Å². The zero-order valence-corrected chi connectivity index (χ0v) is 12.0. The predicted octanol–water partition coefficient (Wildman–Crippen LogP) is 2.36. The molecular formula is C16H15FN2O3. The third kappa shape index (κ3) is 4.31. The van der Waals surface area contributed by atoms with Crippen LogP contribution in [0.2, 0.25) is 0 Å². The number of methoxy groups -OCH3 is 1. The molecule has 0 bridgehead atoms. The third-order valence-corrected chi connectivity index (χ3v) is 2.73. The van der Waals surface area contributed by atoms with Crippen LogP contribution < -0.4 is 14.9 Å². The average molecular weight is 302 g/mol. The number of para-hydroxylation sites is 2. The van der Waals surface area contributed by atoms with Gasteiger partial charge in [0, 0.05) is 5.56 Å². The Kier molecular flexibility index (Phi) is 5.48. The number of rotatable bonds is 6. The lowest BCUT2D eigenvalue weighted by Crippen LogP contribution is -2.24. The van der Waals surface area contributed by atoms with Gasteiger partial charge in [0.1, 0.15) is 5.82 Å². The Morgan fingerprint density at radius 3 is 2.59 bits per heavy atom. The molecule has 0 saturated heterocycles. The van der Waals surface area contributed by atoms with Crippen molar-refractivity contribution in [2.75, 3.05) is 13.7 Å². The molecule has 0 saturated carbocycles. The molecule has 5 nitrogen and oxygen atoms in total. The summed E-state index contributed by atoms with van der Waals surface area (Å²) < 4.78 is 23.8. The van der Waals surface area contributed by atoms with Crippen LogP contribution >= 0.6 is 0 Å². The highest BCUT2D eigenvalue weighted by Crippen LogP contribution is 2.25. The van der Waals surface area contributed by atoms with Crippen molar-refractivity contribution in [3.05, 3.63) is 59.9 Å². The van der Waals surface area contributed by atoms with Gasteiger partial charge in [0.05, 0.1) is 13.3 Å². The zero-order chi connectivity index (χ0) is 15.8. The zero-order valence-electron chi connectivity index (χ0n) is 12.0. The highest BCUT2D eigenvalue weighted by atomic mass is 19.1. The molecule has 0 aliphatic heterocycles. The summed E-state index contributed by atoms with van der Waals surface area (Å²) in [5.41, 5.74) is 2.55. The highest BCUT2D eigenvalue weighted by molar-refractivity contribution is 5.83. The van der Waals surface area contributed by atoms with E-state index in [1.807, 2.05) is 0 Å². The standard InChI is InChI=1S/C16H15FN2O3/c1-21-14-8-4-5-9-15(14)22-11-16(20)19-18-10-12-6-2-3-7-13(12)17/h2-10H,11H2,1H3,(H,19,20). The quantitative estimate of drug-likeness (QED) is 0.658. The van der Waals surface area contributed by atoms with Crippen molar-refractivity contribution < 1.29 is 18.7 Å². The molecule has 0 fully saturated rings. The maximum atomic E-state index is 13.3. The first-order chi connectivity index (χ1) is 10.7. The fourth-order valence-corrected chi connectivity index (χ4v) is 1.67. The van der Waals surface area contributed by atoms with Gasteiger partial charge in [0.15, 0.2) is 18.1 Å². The molecule has 0 unspecified atom stereocenters. The summed E-state index contributed by atoms with van der Waals surface area (Å²) in [5.74, 6) is 0.118. The normalized spacial score (nSPS) is 10.5. The average Bonchev–Trinajstić information content (AvgIpc) is 2.55. The Labute approximate surface area is 127 Å². The van der Waals surface area contributed by atoms with Crippen LogP contribution in [0.15, 0.2) is 53.6 Å². The van der Waals surface area contributed by atoms with Crippen molar-refractivity contribution in [2.45, 2.75) is 0 Å². The summed E-state index contributed by atoms with van der Waals surface area (Å²) in [6, 6.07) is 13.1. The second-order valence-electron chi connectivity index (χ2n) is 4.25. The van der Waals surface area contributed by atoms with E-state index in [0.717, 1.165) is 0 Å². The Morgan fingerprint density at radius 1 is 1.18 bits per heavy atom. The number of hydrazone groups is 1. The molecule has 0 radical (unpaired) electrons. The van der Waals surface area contributed by atoms with Gasteiger partial charge >= 0.3 is 0 Å². The Hall–Kier alpha value is -2.89. The second kappa shape index (κ2) is 7.78. The molecule has 22 heavy (non-hydrogen) atoms. The lowest BCUT2D eigenvalue weighted by atomic mass is 10.2. The highest BCUT2D eigenvalue weighted by Gasteiger charge is 2.06. The summed E-state index contributed by atoms with van der Waals surface area (Å²) in [5, 5.41) is 3.68. The van der Waals surface area contributed by atoms with E-state index in [1.54, 1.807) is 42.5 Å². The van der Waals surface area contributed by atoms with E-state index < -0.39 is 11.7 Å². The van der Waals surface area contributed by atoms with Gasteiger partial charge in [-0.25, -0.2) is 9.82 Å². The summed E-state index contributed by atoms with van der Waals surface area (Å²) in [4.78, 5) is 11.6. The summed E-state index contributed by atoms with van der Waals surface area (Å²) >= 11 is 0. The van der Waals surface area contributed by atoms with Crippen LogP contribution in [0, 0.1) is 5.82 Å². The molecule has 0 heterocycles. The number of ether oxygens (including phenoxy) is 2. The molecule has 6 heteroatoms. The van der Waals surface area contributed by atoms with Crippen molar-refractivity contribution in [2.24, 2.45) is 5.10 Å². The number of nitrogens with zero attached hydrogens (tertiary/aromatic N) is 1. The van der Waals surface area contributed by atoms with Crippen LogP contribution in [-0.2, 0) is 4.79 Å². The first-order valence-corrected chi connectivity index (χ1v) is 6.53. The van der Waals surface area contributed by atoms with Gasteiger partial charge < -0.3 is 9.47 Å². The lowest BCUT2D eigenvalue weighted by Gasteiger charge is -2.09. The maximum absolute atomic E-state index is 13.3. The molecule has 0 aliphatic carbocycles. The van der Waals surface area contributed by atoms with Gasteiger partial charge in [-0.2, -0.15) is 5.10 Å². The number of carbonyl (C=O) groups is 1. The third-order valence-electron chi connectivity index (χ3n) is 2.73. The van der Waals surface area contributed by atoms with Gasteiger partial charge in [-0.05, 0) is 18.2 Å². The number of nitrogens with one attached hydrogen (secondary N) is 1. The Balaban J connectivity index is 1.85. The number of carbonyl (C=O) groups excluding carboxylic acids is 1. The minimum Gasteiger partial charge on any atom is -0.493 e. The number of benzene rings is 2. The molecular weight excluding hydrogens is 287 g/mol. The minimum atomic E-state index is -0.460. The van der Waals surface area contributed by atoms with E-state index in [1.165, 1.54) is 19.4 Å². The van der Waals surface area contributed by atoms with Crippen molar-refractivity contribution in [3.63, 3.8) is 0 Å². The SMILES string of the molecule is COc1ccccc1OCC(=O)NN=Cc1ccccc1F. The molecule has 114 valence electrons. The number of hydrogen-bond acceptors (Lipinski definition) is 4. The van der Waals surface area contributed by atoms with E-state index in [-0.39, 0.29) is 12.2 Å². The molecule has 0 spiro atoms. The van der Waals surface area contributed by atoms with Crippen LogP contribution in [0.3, 0.4) is 0 Å². The van der Waals surface area contributed by atoms with E-state index in [4.69, 9.17) is 9.47 Å². The lowest BCUT2D eigenvalue weighted by molar-refractivity contribution is -0.123. The molecule has 0 atom stereocenters. The molecule has 0 aromatic heterocycles. The maximum Gasteiger partial charge on any atom is 0.277 e. The summed E-state index contributed by atoms with van der Waals surface area (Å²) in [6.07, 6.45) is 1.23. The molecule has 2 aromatic carbocycles. The first-order valence-electron chi connectivity index (χ1n) is 6.53. The van der Waals surface area contributed by atoms with E-state index in [0.29, 0.717) is 11.5 Å². The van der Waals surface area contributed by atoms with Crippen molar-refractivity contribution in [3.8, 4) is 11.5 Å². The molecule has 1 N–H and O–H groups in total. The fourth-order valence-electron chi connectivity index (χ4n) is 1.67. The molecule has 1 amide bonds. The van der Waals surface area contributed by atoms with Crippen LogP contribution in [0.5, 0.6) is 11.5 Å². The largest absolute Gasteiger partial charge is 0.493 e. The molecule has 0 aliphatic rings. The van der Waals surface area contributed by atoms with E-state index in [2.05, 4.69) is 10.5 Å². The molecule has 2 rings (SSSR count). The Bertz CT molecular complexity index is 674. The molecule has 2 aromatic rings. The minimum absolute atomic E-state index is 0.227. The predicted molar refractivity (Wildman–Crippen MR) is 80.6 cm³/mol. The van der Waals surface area contributed by atoms with Gasteiger partial charge in [-0.3, -0.25) is 4.79 Å². The van der Waals surface area contributed by atoms with Crippen LogP contribution in [-0.4, -0.2) is 25.8 Å². The summed E-state index contributed by atoms with van der Waals surface area (Å²) in [7, 11) is 1.51. The summed E-state index contributed by atoms with van der Waals surface area (Å²) in [6.45, 7) is -0.227. The second-order valence-corrected chi connectivity index (χ2v) is 4.25. The van der Waals surface area contributed by atoms with Gasteiger partial charge in [0.25, 0.3) is 5.91 Å². The number of hydrogen-bond donors (Lipinski definition) is 1. The monoisotopic (exact) mass is 302 g/mol. The number of halogens is 1. The van der Waals surface area contributed by atoms with Crippen molar-refractivity contribution in [1.82, 2.24) is 5.43 Å². The van der Waals surface area contributed by atoms with Gasteiger partial charge in [-0.15, -0.1) is 0 Å². The first kappa shape index (κ1) is 15.5. The van der Waals surface area contributed by atoms with Gasteiger partial charge in [-0.1, -0.05) is 30.3 Å². The van der Waals surface area contributed by atoms with Gasteiger partial charge in [0.2, 0.25) is 0 Å². The Morgan fingerprint density at radius 2 is 1.86 bits per heavy atom. The van der Waals surface area contributed by atoms with Crippen molar-refractivity contribution >= 4 is 12.1 Å². The van der Waals surface area contributed by atoms with Crippen LogP contribution in [0.4, 0.5) is 4.39 Å². The van der Waals surface area contributed by atoms with Crippen molar-refractivity contribution in [1.29, 1.82) is 0 Å². The topological polar surface area (TPSA) is 59.9 Å². The fraction of sp³-hybridized carbons (Fsp3) is 0.125. The van der Waals surface area contributed by atoms with E-state index >= 15 is 0 Å². The number of amides is 1.